The molecule has 1 heterocycles. The van der Waals surface area contributed by atoms with Crippen LogP contribution in [0.25, 0.3) is 44.5 Å². The van der Waals surface area contributed by atoms with E-state index in [1.165, 1.54) is 131 Å². The number of ketones is 1. The lowest BCUT2D eigenvalue weighted by Gasteiger charge is -2.23. The molecular formula is C63H80N4O4. The zero-order chi connectivity index (χ0) is 50.4. The van der Waals surface area contributed by atoms with Gasteiger partial charge in [-0.25, -0.2) is 0 Å². The number of hydrogen-bond acceptors (Lipinski definition) is 8. The molecule has 376 valence electrons. The third-order valence-electron chi connectivity index (χ3n) is 15.1. The molecule has 8 heteroatoms. The summed E-state index contributed by atoms with van der Waals surface area (Å²) in [6.07, 6.45) is 17.0. The average Bonchev–Trinajstić information content (AvgIpc) is 4.26. The van der Waals surface area contributed by atoms with Crippen molar-refractivity contribution in [3.05, 3.63) is 130 Å². The molecule has 0 amide bonds. The van der Waals surface area contributed by atoms with E-state index in [2.05, 4.69) is 113 Å². The summed E-state index contributed by atoms with van der Waals surface area (Å²) in [6.45, 7) is 15.1. The monoisotopic (exact) mass is 957 g/mol. The number of nitrogens with two attached hydrogens (primary N) is 2. The van der Waals surface area contributed by atoms with Crippen molar-refractivity contribution in [2.24, 2.45) is 0 Å². The lowest BCUT2D eigenvalue weighted by atomic mass is 9.86. The first-order valence-corrected chi connectivity index (χ1v) is 26.3. The Balaban J connectivity index is 0.000000177. The summed E-state index contributed by atoms with van der Waals surface area (Å²) < 4.78 is 16.8. The van der Waals surface area contributed by atoms with Crippen molar-refractivity contribution in [2.45, 2.75) is 144 Å². The summed E-state index contributed by atoms with van der Waals surface area (Å²) in [5.74, 6) is 2.34. The third-order valence-corrected chi connectivity index (χ3v) is 15.1. The van der Waals surface area contributed by atoms with Crippen molar-refractivity contribution in [1.29, 1.82) is 0 Å². The maximum Gasteiger partial charge on any atom is 0.132 e. The van der Waals surface area contributed by atoms with Crippen molar-refractivity contribution in [3.63, 3.8) is 0 Å². The second-order valence-corrected chi connectivity index (χ2v) is 20.0. The van der Waals surface area contributed by atoms with E-state index in [-0.39, 0.29) is 0 Å². The molecule has 0 spiro atoms. The highest BCUT2D eigenvalue weighted by atomic mass is 16.5. The molecule has 1 aliphatic heterocycles. The minimum absolute atomic E-state index is 0.454. The molecule has 1 saturated heterocycles. The first-order chi connectivity index (χ1) is 34.4. The zero-order valence-corrected chi connectivity index (χ0v) is 44.0. The van der Waals surface area contributed by atoms with Crippen LogP contribution in [-0.4, -0.2) is 45.3 Å². The van der Waals surface area contributed by atoms with Crippen molar-refractivity contribution in [1.82, 2.24) is 0 Å². The normalized spacial score (nSPS) is 15.5. The number of ether oxygens (including phenoxy) is 3. The Hall–Kier alpha value is -6.25. The van der Waals surface area contributed by atoms with E-state index in [1.807, 2.05) is 36.4 Å². The Morgan fingerprint density at radius 2 is 0.732 bits per heavy atom. The van der Waals surface area contributed by atoms with Crippen LogP contribution < -0.4 is 31.6 Å². The second-order valence-electron chi connectivity index (χ2n) is 20.0. The molecule has 0 aromatic heterocycles. The van der Waals surface area contributed by atoms with Gasteiger partial charge < -0.3 is 36.3 Å². The molecule has 3 saturated carbocycles. The lowest BCUT2D eigenvalue weighted by Crippen LogP contribution is -2.14. The smallest absolute Gasteiger partial charge is 0.132 e. The van der Waals surface area contributed by atoms with Crippen molar-refractivity contribution in [3.8, 4) is 56.0 Å². The zero-order valence-electron chi connectivity index (χ0n) is 44.0. The van der Waals surface area contributed by atoms with Gasteiger partial charge in [0, 0.05) is 72.0 Å². The van der Waals surface area contributed by atoms with Crippen LogP contribution in [0.2, 0.25) is 0 Å². The molecule has 0 radical (unpaired) electrons. The summed E-state index contributed by atoms with van der Waals surface area (Å²) in [7, 11) is 3.53. The number of benzene rings is 6. The fourth-order valence-electron chi connectivity index (χ4n) is 11.0. The fraction of sp³-hybridized carbons (Fsp3) is 0.413. The van der Waals surface area contributed by atoms with Crippen molar-refractivity contribution in [2.75, 3.05) is 49.5 Å². The molecule has 0 atom stereocenters. The number of nitrogen functional groups attached to an aromatic ring is 2. The molecule has 4 fully saturated rings. The molecule has 6 N–H and O–H groups in total. The Morgan fingerprint density at radius 3 is 1.01 bits per heavy atom. The number of Topliss-reactive ketones (excluding diaryl/α,β-unsaturated/α-hetero) is 1. The van der Waals surface area contributed by atoms with E-state index < -0.39 is 0 Å². The van der Waals surface area contributed by atoms with Gasteiger partial charge in [-0.05, 0) is 208 Å². The predicted octanol–water partition coefficient (Wildman–Crippen LogP) is 15.7. The molecular weight excluding hydrogens is 877 g/mol. The molecule has 10 rings (SSSR count). The Bertz CT molecular complexity index is 2660. The Kier molecular flexibility index (Phi) is 18.7. The number of carbonyl (C=O) groups excluding carboxylic acids is 1. The minimum Gasteiger partial charge on any atom is -0.496 e. The highest BCUT2D eigenvalue weighted by Gasteiger charge is 2.23. The number of rotatable bonds is 10. The fourth-order valence-corrected chi connectivity index (χ4v) is 11.0. The molecule has 8 nitrogen and oxygen atoms in total. The second kappa shape index (κ2) is 25.2. The highest BCUT2D eigenvalue weighted by molar-refractivity contribution is 5.87. The quantitative estimate of drug-likeness (QED) is 0.100. The molecule has 6 aromatic carbocycles. The highest BCUT2D eigenvalue weighted by Crippen LogP contribution is 2.46. The standard InChI is InChI=1S/C32H40N2O.C22H24N2O.C5H8O.C4H8O/c1-21-22(2)31(25-15-19-29(20-16-25)34-27-11-7-8-12-27)32(35-4)23(3)30(21)24-13-17-28(18-14-24)33-26-9-5-6-10-26;1-13-14(2)21(17-7-11-19(24)12-8-17)22(25-4)15(3)20(13)16-5-9-18(23)10-6-16;6-5-3-1-2-4-5;1-2-4-5-3-1/h13-20,26-27,33-34H,5-12H2,1-4H3;5-12H,23-24H2,1-4H3;1-4H2;1-4H2. The van der Waals surface area contributed by atoms with E-state index >= 15 is 0 Å². The number of carbonyl (C=O) groups is 1. The van der Waals surface area contributed by atoms with Gasteiger partial charge in [0.2, 0.25) is 0 Å². The molecule has 71 heavy (non-hydrogen) atoms. The van der Waals surface area contributed by atoms with Gasteiger partial charge in [-0.1, -0.05) is 74.2 Å². The lowest BCUT2D eigenvalue weighted by molar-refractivity contribution is -0.117. The van der Waals surface area contributed by atoms with Crippen LogP contribution in [0, 0.1) is 41.5 Å². The van der Waals surface area contributed by atoms with E-state index in [0.717, 1.165) is 84.0 Å². The third kappa shape index (κ3) is 13.2. The Labute approximate surface area is 425 Å². The van der Waals surface area contributed by atoms with Crippen LogP contribution in [0.1, 0.15) is 123 Å². The molecule has 0 unspecified atom stereocenters. The van der Waals surface area contributed by atoms with Crippen LogP contribution in [0.4, 0.5) is 22.7 Å². The Morgan fingerprint density at radius 1 is 0.423 bits per heavy atom. The molecule has 3 aliphatic carbocycles. The summed E-state index contributed by atoms with van der Waals surface area (Å²) >= 11 is 0. The van der Waals surface area contributed by atoms with Gasteiger partial charge in [0.05, 0.1) is 14.2 Å². The van der Waals surface area contributed by atoms with Crippen LogP contribution in [0.5, 0.6) is 11.5 Å². The summed E-state index contributed by atoms with van der Waals surface area (Å²) in [4.78, 5) is 10.2. The van der Waals surface area contributed by atoms with Crippen molar-refractivity contribution < 1.29 is 19.0 Å². The largest absolute Gasteiger partial charge is 0.496 e. The molecule has 4 aliphatic rings. The number of anilines is 4. The maximum atomic E-state index is 10.2. The topological polar surface area (TPSA) is 121 Å². The van der Waals surface area contributed by atoms with Gasteiger partial charge >= 0.3 is 0 Å². The first kappa shape index (κ1) is 52.6. The summed E-state index contributed by atoms with van der Waals surface area (Å²) in [6, 6.07) is 35.1. The van der Waals surface area contributed by atoms with Crippen LogP contribution >= 0.6 is 0 Å². The van der Waals surface area contributed by atoms with E-state index in [1.54, 1.807) is 14.2 Å². The van der Waals surface area contributed by atoms with Gasteiger partial charge in [0.25, 0.3) is 0 Å². The predicted molar refractivity (Wildman–Crippen MR) is 300 cm³/mol. The van der Waals surface area contributed by atoms with E-state index in [9.17, 15) is 4.79 Å². The average molecular weight is 957 g/mol. The maximum absolute atomic E-state index is 10.2. The van der Waals surface area contributed by atoms with Crippen LogP contribution in [0.15, 0.2) is 97.1 Å². The van der Waals surface area contributed by atoms with E-state index in [0.29, 0.717) is 17.9 Å². The van der Waals surface area contributed by atoms with Crippen molar-refractivity contribution >= 4 is 28.5 Å². The van der Waals surface area contributed by atoms with Gasteiger partial charge in [0.1, 0.15) is 17.3 Å². The van der Waals surface area contributed by atoms with Gasteiger partial charge in [-0.3, -0.25) is 4.79 Å². The van der Waals surface area contributed by atoms with Gasteiger partial charge in [-0.2, -0.15) is 0 Å². The summed E-state index contributed by atoms with van der Waals surface area (Å²) in [5.41, 5.74) is 32.6. The van der Waals surface area contributed by atoms with Gasteiger partial charge in [-0.15, -0.1) is 0 Å². The molecule has 6 aromatic rings. The van der Waals surface area contributed by atoms with E-state index in [4.69, 9.17) is 25.7 Å². The number of hydrogen-bond donors (Lipinski definition) is 4. The van der Waals surface area contributed by atoms with Crippen LogP contribution in [-0.2, 0) is 9.53 Å². The van der Waals surface area contributed by atoms with Crippen LogP contribution in [0.3, 0.4) is 0 Å². The number of methoxy groups -OCH3 is 2. The first-order valence-electron chi connectivity index (χ1n) is 26.3. The number of nitrogens with one attached hydrogen (secondary N) is 2. The van der Waals surface area contributed by atoms with Gasteiger partial charge in [0.15, 0.2) is 0 Å². The SMILES string of the molecule is C1CCOC1.COc1c(C)c(-c2ccc(N)cc2)c(C)c(C)c1-c1ccc(N)cc1.COc1c(C)c(-c2ccc(NC3CCCC3)cc2)c(C)c(C)c1-c1ccc(NC2CCCC2)cc1.O=C1CCCC1. The molecule has 0 bridgehead atoms. The summed E-state index contributed by atoms with van der Waals surface area (Å²) in [5, 5.41) is 7.42. The minimum atomic E-state index is 0.454.